The van der Waals surface area contributed by atoms with Gasteiger partial charge in [0.05, 0.1) is 11.0 Å². The topological polar surface area (TPSA) is 23.4 Å². The van der Waals surface area contributed by atoms with Crippen LogP contribution in [0.4, 0.5) is 0 Å². The Kier molecular flexibility index (Phi) is 6.81. The van der Waals surface area contributed by atoms with Gasteiger partial charge < -0.3 is 14.0 Å². The van der Waals surface area contributed by atoms with E-state index in [0.717, 1.165) is 78.7 Å². The van der Waals surface area contributed by atoms with E-state index in [-0.39, 0.29) is 0 Å². The Hall–Kier alpha value is -6.84. The summed E-state index contributed by atoms with van der Waals surface area (Å²) < 4.78 is 16.2. The molecule has 0 saturated heterocycles. The summed E-state index contributed by atoms with van der Waals surface area (Å²) in [7, 11) is 0. The fourth-order valence-electron chi connectivity index (χ4n) is 7.45. The largest absolute Gasteiger partial charge is 0.456 e. The number of para-hydroxylation sites is 4. The van der Waals surface area contributed by atoms with Gasteiger partial charge >= 0.3 is 0 Å². The van der Waals surface area contributed by atoms with Crippen LogP contribution in [0.3, 0.4) is 0 Å². The van der Waals surface area contributed by atoms with E-state index in [1.807, 2.05) is 42.5 Å². The van der Waals surface area contributed by atoms with Crippen LogP contribution in [0.25, 0.3) is 72.0 Å². The van der Waals surface area contributed by atoms with Gasteiger partial charge in [0.2, 0.25) is 0 Å². The van der Waals surface area contributed by atoms with Crippen molar-refractivity contribution in [3.63, 3.8) is 0 Å². The third-order valence-corrected chi connectivity index (χ3v) is 9.89. The normalized spacial score (nSPS) is 11.8. The summed E-state index contributed by atoms with van der Waals surface area (Å²) in [4.78, 5) is 0. The molecule has 0 N–H and O–H groups in total. The van der Waals surface area contributed by atoms with E-state index in [0.29, 0.717) is 0 Å². The Labute approximate surface area is 296 Å². The van der Waals surface area contributed by atoms with Crippen LogP contribution < -0.4 is 9.47 Å². The average molecular weight is 654 g/mol. The van der Waals surface area contributed by atoms with Gasteiger partial charge in [0.15, 0.2) is 0 Å². The van der Waals surface area contributed by atoms with Crippen LogP contribution in [0, 0.1) is 0 Å². The van der Waals surface area contributed by atoms with Gasteiger partial charge in [-0.1, -0.05) is 127 Å². The maximum absolute atomic E-state index is 6.98. The molecule has 51 heavy (non-hydrogen) atoms. The van der Waals surface area contributed by atoms with Crippen molar-refractivity contribution in [2.24, 2.45) is 0 Å². The van der Waals surface area contributed by atoms with Crippen molar-refractivity contribution in [3.05, 3.63) is 188 Å². The standard InChI is InChI=1S/C48H31NO2/c1-3-13-32(14-4-1)34-24-27-41-42-28-25-35(31-48(42)51-46-22-12-9-19-40(46)39-18-8-11-21-45(39)50-47(41)30-34)33-23-26-38-37-17-7-10-20-43(37)49(44(38)29-33)36-15-5-2-6-16-36/h1-31H. The van der Waals surface area contributed by atoms with Crippen molar-refractivity contribution in [2.45, 2.75) is 0 Å². The monoisotopic (exact) mass is 653 g/mol. The minimum absolute atomic E-state index is 0.764. The van der Waals surface area contributed by atoms with Crippen molar-refractivity contribution in [3.8, 4) is 73.2 Å². The molecule has 1 aliphatic heterocycles. The summed E-state index contributed by atoms with van der Waals surface area (Å²) in [5, 5.41) is 2.46. The van der Waals surface area contributed by atoms with Crippen molar-refractivity contribution in [1.82, 2.24) is 4.57 Å². The van der Waals surface area contributed by atoms with Gasteiger partial charge in [0.25, 0.3) is 0 Å². The highest BCUT2D eigenvalue weighted by Crippen LogP contribution is 2.48. The lowest BCUT2D eigenvalue weighted by Crippen LogP contribution is -1.98. The Morgan fingerprint density at radius 3 is 1.43 bits per heavy atom. The lowest BCUT2D eigenvalue weighted by molar-refractivity contribution is 0.472. The molecule has 1 aliphatic rings. The molecule has 0 bridgehead atoms. The molecule has 2 heterocycles. The Balaban J connectivity index is 1.18. The molecule has 0 saturated carbocycles. The number of ether oxygens (including phenoxy) is 2. The molecule has 0 aliphatic carbocycles. The lowest BCUT2D eigenvalue weighted by atomic mass is 9.95. The number of benzene rings is 8. The SMILES string of the molecule is c1ccc(-c2ccc3c(c2)Oc2ccccc2-c2ccccc2Oc2cc(-c4ccc5c6ccccc6n(-c6ccccc6)c5c4)ccc2-3)cc1. The van der Waals surface area contributed by atoms with Crippen molar-refractivity contribution in [2.75, 3.05) is 0 Å². The zero-order chi connectivity index (χ0) is 33.7. The lowest BCUT2D eigenvalue weighted by Gasteiger charge is -2.22. The molecule has 3 nitrogen and oxygen atoms in total. The summed E-state index contributed by atoms with van der Waals surface area (Å²) >= 11 is 0. The number of rotatable bonds is 3. The summed E-state index contributed by atoms with van der Waals surface area (Å²) in [5.41, 5.74) is 11.8. The molecular formula is C48H31NO2. The molecule has 1 aromatic heterocycles. The first kappa shape index (κ1) is 29.1. The summed E-state index contributed by atoms with van der Waals surface area (Å²) in [5.74, 6) is 3.09. The van der Waals surface area contributed by atoms with Gasteiger partial charge in [-0.25, -0.2) is 0 Å². The highest BCUT2D eigenvalue weighted by atomic mass is 16.5. The minimum atomic E-state index is 0.764. The maximum atomic E-state index is 6.98. The number of hydrogen-bond acceptors (Lipinski definition) is 2. The summed E-state index contributed by atoms with van der Waals surface area (Å²) in [6.07, 6.45) is 0. The predicted molar refractivity (Wildman–Crippen MR) is 209 cm³/mol. The van der Waals surface area contributed by atoms with Crippen molar-refractivity contribution in [1.29, 1.82) is 0 Å². The van der Waals surface area contributed by atoms with E-state index in [9.17, 15) is 0 Å². The molecule has 0 atom stereocenters. The van der Waals surface area contributed by atoms with Crippen LogP contribution in [0.5, 0.6) is 23.0 Å². The van der Waals surface area contributed by atoms with E-state index in [1.165, 1.54) is 16.3 Å². The van der Waals surface area contributed by atoms with Gasteiger partial charge in [-0.2, -0.15) is 0 Å². The Bertz CT molecular complexity index is 2740. The van der Waals surface area contributed by atoms with Gasteiger partial charge in [-0.05, 0) is 82.9 Å². The van der Waals surface area contributed by atoms with E-state index in [1.54, 1.807) is 0 Å². The third-order valence-electron chi connectivity index (χ3n) is 9.89. The smallest absolute Gasteiger partial charge is 0.136 e. The highest BCUT2D eigenvalue weighted by molar-refractivity contribution is 6.10. The number of aromatic nitrogens is 1. The Morgan fingerprint density at radius 2 is 0.765 bits per heavy atom. The fraction of sp³-hybridized carbons (Fsp3) is 0. The molecule has 10 rings (SSSR count). The zero-order valence-corrected chi connectivity index (χ0v) is 27.7. The molecule has 0 amide bonds. The molecule has 0 fully saturated rings. The molecular weight excluding hydrogens is 623 g/mol. The first-order valence-corrected chi connectivity index (χ1v) is 17.3. The first-order valence-electron chi connectivity index (χ1n) is 17.3. The second-order valence-electron chi connectivity index (χ2n) is 12.9. The van der Waals surface area contributed by atoms with E-state index in [4.69, 9.17) is 9.47 Å². The molecule has 3 heteroatoms. The van der Waals surface area contributed by atoms with Crippen molar-refractivity contribution < 1.29 is 9.47 Å². The first-order chi connectivity index (χ1) is 25.3. The third kappa shape index (κ3) is 4.98. The van der Waals surface area contributed by atoms with Crippen LogP contribution in [0.2, 0.25) is 0 Å². The second kappa shape index (κ2) is 11.9. The number of nitrogens with zero attached hydrogens (tertiary/aromatic N) is 1. The highest BCUT2D eigenvalue weighted by Gasteiger charge is 2.22. The average Bonchev–Trinajstić information content (AvgIpc) is 3.53. The number of fused-ring (bicyclic) bond motifs is 9. The molecule has 240 valence electrons. The predicted octanol–water partition coefficient (Wildman–Crippen LogP) is 13.3. The summed E-state index contributed by atoms with van der Waals surface area (Å²) in [6, 6.07) is 65.8. The van der Waals surface area contributed by atoms with Crippen molar-refractivity contribution >= 4 is 21.8 Å². The zero-order valence-electron chi connectivity index (χ0n) is 27.7. The van der Waals surface area contributed by atoms with E-state index < -0.39 is 0 Å². The van der Waals surface area contributed by atoms with Gasteiger partial charge in [-0.15, -0.1) is 0 Å². The van der Waals surface area contributed by atoms with Crippen LogP contribution in [-0.4, -0.2) is 4.57 Å². The fourth-order valence-corrected chi connectivity index (χ4v) is 7.45. The van der Waals surface area contributed by atoms with E-state index >= 15 is 0 Å². The molecule has 8 aromatic carbocycles. The van der Waals surface area contributed by atoms with Gasteiger partial charge in [-0.3, -0.25) is 0 Å². The van der Waals surface area contributed by atoms with Crippen LogP contribution in [0.15, 0.2) is 188 Å². The van der Waals surface area contributed by atoms with Crippen LogP contribution in [0.1, 0.15) is 0 Å². The maximum Gasteiger partial charge on any atom is 0.136 e. The number of hydrogen-bond donors (Lipinski definition) is 0. The quantitative estimate of drug-likeness (QED) is 0.189. The minimum Gasteiger partial charge on any atom is -0.456 e. The molecule has 9 aromatic rings. The van der Waals surface area contributed by atoms with E-state index in [2.05, 4.69) is 150 Å². The molecule has 0 unspecified atom stereocenters. The Morgan fingerprint density at radius 1 is 0.294 bits per heavy atom. The second-order valence-corrected chi connectivity index (χ2v) is 12.9. The molecule has 0 spiro atoms. The van der Waals surface area contributed by atoms with Crippen LogP contribution >= 0.6 is 0 Å². The van der Waals surface area contributed by atoms with Gasteiger partial charge in [0.1, 0.15) is 23.0 Å². The molecule has 0 radical (unpaired) electrons. The van der Waals surface area contributed by atoms with Crippen LogP contribution in [-0.2, 0) is 0 Å². The van der Waals surface area contributed by atoms with Gasteiger partial charge in [0, 0.05) is 38.7 Å². The summed E-state index contributed by atoms with van der Waals surface area (Å²) in [6.45, 7) is 0.